The smallest absolute Gasteiger partial charge is 0.115 e. The molecule has 2 N–H and O–H groups in total. The number of nitrogens with zero attached hydrogens (tertiary/aromatic N) is 2. The van der Waals surface area contributed by atoms with Crippen LogP contribution < -0.4 is 5.73 Å². The van der Waals surface area contributed by atoms with E-state index in [2.05, 4.69) is 28.2 Å². The Balaban J connectivity index is 2.02. The second kappa shape index (κ2) is 3.70. The van der Waals surface area contributed by atoms with Crippen molar-refractivity contribution >= 4 is 17.3 Å². The second-order valence-electron chi connectivity index (χ2n) is 4.29. The molecule has 0 spiro atoms. The van der Waals surface area contributed by atoms with Crippen LogP contribution in [0.2, 0.25) is 0 Å². The van der Waals surface area contributed by atoms with Gasteiger partial charge in [0.15, 0.2) is 0 Å². The number of allylic oxidation sites excluding steroid dienone is 1. The summed E-state index contributed by atoms with van der Waals surface area (Å²) in [6.45, 7) is 2.02. The molecular weight excluding hydrogens is 210 g/mol. The van der Waals surface area contributed by atoms with Gasteiger partial charge in [0.2, 0.25) is 0 Å². The SMILES string of the molecule is Cc1ncnc2c1C=C(c1ccc(N)cc1)C2. The molecule has 0 bridgehead atoms. The third-order valence-corrected chi connectivity index (χ3v) is 3.12. The van der Waals surface area contributed by atoms with Crippen LogP contribution in [0.15, 0.2) is 30.6 Å². The molecule has 1 aromatic heterocycles. The first kappa shape index (κ1) is 10.0. The molecule has 1 heterocycles. The lowest BCUT2D eigenvalue weighted by Gasteiger charge is -2.02. The van der Waals surface area contributed by atoms with Crippen molar-refractivity contribution in [1.29, 1.82) is 0 Å². The van der Waals surface area contributed by atoms with Gasteiger partial charge in [0, 0.05) is 23.4 Å². The van der Waals surface area contributed by atoms with Gasteiger partial charge in [-0.15, -0.1) is 0 Å². The largest absolute Gasteiger partial charge is 0.399 e. The van der Waals surface area contributed by atoms with Gasteiger partial charge >= 0.3 is 0 Å². The molecule has 0 amide bonds. The average molecular weight is 223 g/mol. The Hall–Kier alpha value is -2.16. The molecule has 0 aliphatic heterocycles. The summed E-state index contributed by atoms with van der Waals surface area (Å²) in [5, 5.41) is 0. The van der Waals surface area contributed by atoms with Crippen LogP contribution in [-0.2, 0) is 6.42 Å². The lowest BCUT2D eigenvalue weighted by Crippen LogP contribution is -1.94. The Labute approximate surface area is 100 Å². The van der Waals surface area contributed by atoms with Crippen molar-refractivity contribution in [2.75, 3.05) is 5.73 Å². The van der Waals surface area contributed by atoms with E-state index in [0.717, 1.165) is 23.5 Å². The van der Waals surface area contributed by atoms with Gasteiger partial charge < -0.3 is 5.73 Å². The zero-order valence-corrected chi connectivity index (χ0v) is 9.64. The van der Waals surface area contributed by atoms with Crippen LogP contribution in [0, 0.1) is 6.92 Å². The summed E-state index contributed by atoms with van der Waals surface area (Å²) in [6, 6.07) is 7.96. The first-order chi connectivity index (χ1) is 8.24. The highest BCUT2D eigenvalue weighted by Gasteiger charge is 2.17. The summed E-state index contributed by atoms with van der Waals surface area (Å²) >= 11 is 0. The van der Waals surface area contributed by atoms with E-state index >= 15 is 0 Å². The van der Waals surface area contributed by atoms with Gasteiger partial charge in [0.25, 0.3) is 0 Å². The predicted molar refractivity (Wildman–Crippen MR) is 69.2 cm³/mol. The average Bonchev–Trinajstić information content (AvgIpc) is 2.75. The lowest BCUT2D eigenvalue weighted by atomic mass is 10.0. The minimum Gasteiger partial charge on any atom is -0.399 e. The van der Waals surface area contributed by atoms with E-state index in [1.807, 2.05) is 19.1 Å². The summed E-state index contributed by atoms with van der Waals surface area (Å²) in [6.07, 6.45) is 4.69. The van der Waals surface area contributed by atoms with Crippen molar-refractivity contribution in [3.05, 3.63) is 53.1 Å². The number of hydrogen-bond acceptors (Lipinski definition) is 3. The highest BCUT2D eigenvalue weighted by Crippen LogP contribution is 2.31. The van der Waals surface area contributed by atoms with E-state index < -0.39 is 0 Å². The van der Waals surface area contributed by atoms with Crippen LogP contribution >= 0.6 is 0 Å². The van der Waals surface area contributed by atoms with Crippen LogP contribution in [0.25, 0.3) is 11.6 Å². The maximum absolute atomic E-state index is 5.69. The van der Waals surface area contributed by atoms with E-state index in [4.69, 9.17) is 5.73 Å². The first-order valence-corrected chi connectivity index (χ1v) is 5.61. The molecule has 3 rings (SSSR count). The number of anilines is 1. The zero-order chi connectivity index (χ0) is 11.8. The molecule has 0 atom stereocenters. The van der Waals surface area contributed by atoms with Gasteiger partial charge in [-0.3, -0.25) is 0 Å². The van der Waals surface area contributed by atoms with Crippen LogP contribution in [0.4, 0.5) is 5.69 Å². The first-order valence-electron chi connectivity index (χ1n) is 5.61. The molecule has 3 nitrogen and oxygen atoms in total. The molecule has 1 aromatic carbocycles. The van der Waals surface area contributed by atoms with Crippen molar-refractivity contribution < 1.29 is 0 Å². The maximum Gasteiger partial charge on any atom is 0.115 e. The third-order valence-electron chi connectivity index (χ3n) is 3.12. The Morgan fingerprint density at radius 2 is 1.88 bits per heavy atom. The number of nitrogens with two attached hydrogens (primary N) is 1. The number of rotatable bonds is 1. The minimum absolute atomic E-state index is 0.792. The summed E-state index contributed by atoms with van der Waals surface area (Å²) in [7, 11) is 0. The molecular formula is C14H13N3. The fourth-order valence-corrected chi connectivity index (χ4v) is 2.15. The van der Waals surface area contributed by atoms with E-state index in [0.29, 0.717) is 0 Å². The van der Waals surface area contributed by atoms with Gasteiger partial charge in [0.05, 0.1) is 5.69 Å². The van der Waals surface area contributed by atoms with E-state index in [1.54, 1.807) is 6.33 Å². The third kappa shape index (κ3) is 1.69. The zero-order valence-electron chi connectivity index (χ0n) is 9.64. The molecule has 3 heteroatoms. The molecule has 17 heavy (non-hydrogen) atoms. The van der Waals surface area contributed by atoms with Crippen LogP contribution in [0.1, 0.15) is 22.5 Å². The maximum atomic E-state index is 5.69. The second-order valence-corrected chi connectivity index (χ2v) is 4.29. The standard InChI is InChI=1S/C14H13N3/c1-9-13-6-11(7-14(13)17-8-16-9)10-2-4-12(15)5-3-10/h2-6,8H,7,15H2,1H3. The Morgan fingerprint density at radius 3 is 2.59 bits per heavy atom. The number of fused-ring (bicyclic) bond motifs is 1. The highest BCUT2D eigenvalue weighted by molar-refractivity contribution is 5.88. The molecule has 2 aromatic rings. The molecule has 1 aliphatic carbocycles. The van der Waals surface area contributed by atoms with E-state index in [9.17, 15) is 0 Å². The lowest BCUT2D eigenvalue weighted by molar-refractivity contribution is 1.03. The topological polar surface area (TPSA) is 51.8 Å². The quantitative estimate of drug-likeness (QED) is 0.755. The van der Waals surface area contributed by atoms with Crippen molar-refractivity contribution in [3.63, 3.8) is 0 Å². The number of hydrogen-bond donors (Lipinski definition) is 1. The monoisotopic (exact) mass is 223 g/mol. The summed E-state index contributed by atoms with van der Waals surface area (Å²) in [5.74, 6) is 0. The van der Waals surface area contributed by atoms with Crippen LogP contribution in [0.3, 0.4) is 0 Å². The van der Waals surface area contributed by atoms with Gasteiger partial charge in [-0.05, 0) is 36.3 Å². The molecule has 0 saturated heterocycles. The number of aromatic nitrogens is 2. The van der Waals surface area contributed by atoms with Crippen molar-refractivity contribution in [2.45, 2.75) is 13.3 Å². The Kier molecular flexibility index (Phi) is 2.18. The summed E-state index contributed by atoms with van der Waals surface area (Å²) in [5.41, 5.74) is 12.3. The predicted octanol–water partition coefficient (Wildman–Crippen LogP) is 2.46. The normalized spacial score (nSPS) is 13.4. The fraction of sp³-hybridized carbons (Fsp3) is 0.143. The number of nitrogen functional groups attached to an aromatic ring is 1. The highest BCUT2D eigenvalue weighted by atomic mass is 14.8. The molecule has 0 fully saturated rings. The van der Waals surface area contributed by atoms with Gasteiger partial charge in [-0.1, -0.05) is 12.1 Å². The molecule has 0 radical (unpaired) electrons. The van der Waals surface area contributed by atoms with Crippen LogP contribution in [0.5, 0.6) is 0 Å². The van der Waals surface area contributed by atoms with Crippen molar-refractivity contribution in [1.82, 2.24) is 9.97 Å². The summed E-state index contributed by atoms with van der Waals surface area (Å²) < 4.78 is 0. The molecule has 1 aliphatic rings. The number of aryl methyl sites for hydroxylation is 1. The minimum atomic E-state index is 0.792. The van der Waals surface area contributed by atoms with Gasteiger partial charge in [-0.2, -0.15) is 0 Å². The summed E-state index contributed by atoms with van der Waals surface area (Å²) in [4.78, 5) is 8.54. The van der Waals surface area contributed by atoms with Crippen LogP contribution in [-0.4, -0.2) is 9.97 Å². The molecule has 0 saturated carbocycles. The Bertz CT molecular complexity index is 597. The molecule has 0 unspecified atom stereocenters. The Morgan fingerprint density at radius 1 is 1.12 bits per heavy atom. The van der Waals surface area contributed by atoms with Gasteiger partial charge in [-0.25, -0.2) is 9.97 Å². The molecule has 84 valence electrons. The van der Waals surface area contributed by atoms with Gasteiger partial charge in [0.1, 0.15) is 6.33 Å². The number of benzene rings is 1. The van der Waals surface area contributed by atoms with Crippen molar-refractivity contribution in [3.8, 4) is 0 Å². The van der Waals surface area contributed by atoms with E-state index in [1.165, 1.54) is 16.7 Å². The fourth-order valence-electron chi connectivity index (χ4n) is 2.15. The van der Waals surface area contributed by atoms with E-state index in [-0.39, 0.29) is 0 Å². The van der Waals surface area contributed by atoms with Crippen molar-refractivity contribution in [2.24, 2.45) is 0 Å².